The first-order valence-corrected chi connectivity index (χ1v) is 5.15. The van der Waals surface area contributed by atoms with E-state index in [1.807, 2.05) is 30.3 Å². The van der Waals surface area contributed by atoms with Crippen LogP contribution < -0.4 is 16.8 Å². The van der Waals surface area contributed by atoms with Gasteiger partial charge in [0.15, 0.2) is 5.96 Å². The summed E-state index contributed by atoms with van der Waals surface area (Å²) in [6, 6.07) is 8.65. The van der Waals surface area contributed by atoms with Gasteiger partial charge in [-0.15, -0.1) is 0 Å². The number of carbonyl (C=O) groups is 1. The number of nitrogens with one attached hydrogen (secondary N) is 1. The molecule has 0 heterocycles. The van der Waals surface area contributed by atoms with Crippen molar-refractivity contribution >= 4 is 11.9 Å². The predicted octanol–water partition coefficient (Wildman–Crippen LogP) is -0.497. The number of rotatable bonds is 6. The Morgan fingerprint density at radius 1 is 1.35 bits per heavy atom. The summed E-state index contributed by atoms with van der Waals surface area (Å²) in [7, 11) is 0. The zero-order valence-corrected chi connectivity index (χ0v) is 9.34. The molecule has 0 bridgehead atoms. The fourth-order valence-corrected chi connectivity index (χ4v) is 1.34. The van der Waals surface area contributed by atoms with Crippen molar-refractivity contribution in [2.45, 2.75) is 12.5 Å². The number of nitrogens with two attached hydrogens (primary N) is 2. The van der Waals surface area contributed by atoms with Gasteiger partial charge in [-0.3, -0.25) is 10.1 Å². The molecule has 0 aliphatic carbocycles. The number of aliphatic carboxylic acids is 1. The normalized spacial score (nSPS) is 11.8. The van der Waals surface area contributed by atoms with Crippen LogP contribution in [0.1, 0.15) is 5.56 Å². The first kappa shape index (κ1) is 13.0. The molecule has 0 aliphatic rings. The summed E-state index contributed by atoms with van der Waals surface area (Å²) < 4.78 is 0. The average Bonchev–Trinajstić information content (AvgIpc) is 2.28. The van der Waals surface area contributed by atoms with Crippen LogP contribution in [0.5, 0.6) is 0 Å². The maximum atomic E-state index is 11.0. The second kappa shape index (κ2) is 6.49. The Morgan fingerprint density at radius 3 is 2.53 bits per heavy atom. The van der Waals surface area contributed by atoms with Crippen molar-refractivity contribution in [3.05, 3.63) is 35.9 Å². The molecule has 6 N–H and O–H groups in total. The highest BCUT2D eigenvalue weighted by atomic mass is 16.4. The van der Waals surface area contributed by atoms with Crippen LogP contribution in [-0.4, -0.2) is 29.7 Å². The van der Waals surface area contributed by atoms with Crippen LogP contribution in [0.4, 0.5) is 0 Å². The van der Waals surface area contributed by atoms with Crippen LogP contribution in [-0.2, 0) is 11.2 Å². The van der Waals surface area contributed by atoms with E-state index in [0.29, 0.717) is 6.42 Å². The van der Waals surface area contributed by atoms with Crippen LogP contribution in [0.2, 0.25) is 0 Å². The number of aliphatic imine (C=N–C) groups is 1. The summed E-state index contributed by atoms with van der Waals surface area (Å²) in [6.45, 7) is 0.0894. The molecule has 0 fully saturated rings. The van der Waals surface area contributed by atoms with Crippen molar-refractivity contribution in [3.8, 4) is 0 Å². The number of carboxylic acids is 1. The van der Waals surface area contributed by atoms with Crippen molar-refractivity contribution < 1.29 is 9.90 Å². The molecular formula is C11H16N4O2. The third-order valence-corrected chi connectivity index (χ3v) is 2.18. The molecule has 0 saturated heterocycles. The van der Waals surface area contributed by atoms with Crippen LogP contribution in [0.15, 0.2) is 35.3 Å². The lowest BCUT2D eigenvalue weighted by Gasteiger charge is -2.12. The van der Waals surface area contributed by atoms with Gasteiger partial charge < -0.3 is 16.6 Å². The second-order valence-corrected chi connectivity index (χ2v) is 3.53. The van der Waals surface area contributed by atoms with Crippen molar-refractivity contribution in [1.82, 2.24) is 5.32 Å². The molecule has 1 rings (SSSR count). The molecule has 0 aromatic heterocycles. The Morgan fingerprint density at radius 2 is 2.00 bits per heavy atom. The number of guanidine groups is 1. The molecule has 0 radical (unpaired) electrons. The Balaban J connectivity index is 2.55. The van der Waals surface area contributed by atoms with E-state index in [9.17, 15) is 4.79 Å². The molecule has 0 amide bonds. The third kappa shape index (κ3) is 4.98. The van der Waals surface area contributed by atoms with E-state index in [2.05, 4.69) is 10.3 Å². The molecule has 1 unspecified atom stereocenters. The number of benzene rings is 1. The standard InChI is InChI=1S/C11H16N4O2/c12-11(13)15-7-14-9(10(16)17)6-8-4-2-1-3-5-8/h1-5,9,14H,6-7H2,(H,16,17)(H4,12,13,15). The molecule has 6 heteroatoms. The lowest BCUT2D eigenvalue weighted by Crippen LogP contribution is -2.39. The summed E-state index contributed by atoms with van der Waals surface area (Å²) in [4.78, 5) is 14.7. The lowest BCUT2D eigenvalue weighted by atomic mass is 10.1. The zero-order valence-electron chi connectivity index (χ0n) is 9.34. The molecule has 92 valence electrons. The average molecular weight is 236 g/mol. The zero-order chi connectivity index (χ0) is 12.7. The summed E-state index contributed by atoms with van der Waals surface area (Å²) in [5.41, 5.74) is 11.2. The lowest BCUT2D eigenvalue weighted by molar-refractivity contribution is -0.139. The van der Waals surface area contributed by atoms with Crippen molar-refractivity contribution in [1.29, 1.82) is 0 Å². The Labute approximate surface area is 99.3 Å². The molecule has 0 aliphatic heterocycles. The summed E-state index contributed by atoms with van der Waals surface area (Å²) >= 11 is 0. The molecule has 0 spiro atoms. The monoisotopic (exact) mass is 236 g/mol. The van der Waals surface area contributed by atoms with Gasteiger partial charge in [0.05, 0.1) is 6.67 Å². The van der Waals surface area contributed by atoms with Crippen LogP contribution in [0.25, 0.3) is 0 Å². The third-order valence-electron chi connectivity index (χ3n) is 2.18. The van der Waals surface area contributed by atoms with Gasteiger partial charge in [-0.05, 0) is 12.0 Å². The summed E-state index contributed by atoms with van der Waals surface area (Å²) in [5, 5.41) is 11.8. The van der Waals surface area contributed by atoms with Gasteiger partial charge >= 0.3 is 5.97 Å². The van der Waals surface area contributed by atoms with Crippen LogP contribution >= 0.6 is 0 Å². The minimum atomic E-state index is -0.931. The van der Waals surface area contributed by atoms with Crippen molar-refractivity contribution in [2.24, 2.45) is 16.5 Å². The molecule has 1 aromatic rings. The Kier molecular flexibility index (Phi) is 4.96. The molecule has 0 saturated carbocycles. The number of hydrogen-bond donors (Lipinski definition) is 4. The Hall–Kier alpha value is -2.08. The highest BCUT2D eigenvalue weighted by Gasteiger charge is 2.16. The minimum Gasteiger partial charge on any atom is -0.480 e. The molecule has 17 heavy (non-hydrogen) atoms. The van der Waals surface area contributed by atoms with E-state index in [0.717, 1.165) is 5.56 Å². The molecule has 1 atom stereocenters. The van der Waals surface area contributed by atoms with Gasteiger partial charge in [0.1, 0.15) is 6.04 Å². The van der Waals surface area contributed by atoms with Crippen LogP contribution in [0.3, 0.4) is 0 Å². The van der Waals surface area contributed by atoms with Gasteiger partial charge in [0.25, 0.3) is 0 Å². The summed E-state index contributed by atoms with van der Waals surface area (Å²) in [5.74, 6) is -0.999. The fraction of sp³-hybridized carbons (Fsp3) is 0.273. The van der Waals surface area contributed by atoms with E-state index < -0.39 is 12.0 Å². The van der Waals surface area contributed by atoms with Gasteiger partial charge in [-0.25, -0.2) is 4.99 Å². The van der Waals surface area contributed by atoms with Crippen LogP contribution in [0, 0.1) is 0 Å². The second-order valence-electron chi connectivity index (χ2n) is 3.53. The van der Waals surface area contributed by atoms with Gasteiger partial charge in [0.2, 0.25) is 0 Å². The van der Waals surface area contributed by atoms with E-state index >= 15 is 0 Å². The summed E-state index contributed by atoms with van der Waals surface area (Å²) in [6.07, 6.45) is 0.385. The number of nitrogens with zero attached hydrogens (tertiary/aromatic N) is 1. The van der Waals surface area contributed by atoms with E-state index in [1.54, 1.807) is 0 Å². The maximum Gasteiger partial charge on any atom is 0.321 e. The predicted molar refractivity (Wildman–Crippen MR) is 65.4 cm³/mol. The van der Waals surface area contributed by atoms with Crippen molar-refractivity contribution in [2.75, 3.05) is 6.67 Å². The fourth-order valence-electron chi connectivity index (χ4n) is 1.34. The van der Waals surface area contributed by atoms with E-state index in [4.69, 9.17) is 16.6 Å². The van der Waals surface area contributed by atoms with Gasteiger partial charge in [-0.2, -0.15) is 0 Å². The smallest absolute Gasteiger partial charge is 0.321 e. The Bertz CT molecular complexity index is 388. The molecule has 1 aromatic carbocycles. The van der Waals surface area contributed by atoms with E-state index in [-0.39, 0.29) is 12.6 Å². The molecular weight excluding hydrogens is 220 g/mol. The highest BCUT2D eigenvalue weighted by Crippen LogP contribution is 2.03. The topological polar surface area (TPSA) is 114 Å². The largest absolute Gasteiger partial charge is 0.480 e. The minimum absolute atomic E-state index is 0.0682. The first-order chi connectivity index (χ1) is 8.09. The highest BCUT2D eigenvalue weighted by molar-refractivity contribution is 5.76. The first-order valence-electron chi connectivity index (χ1n) is 5.15. The molecule has 6 nitrogen and oxygen atoms in total. The number of hydrogen-bond acceptors (Lipinski definition) is 3. The van der Waals surface area contributed by atoms with Gasteiger partial charge in [0, 0.05) is 0 Å². The van der Waals surface area contributed by atoms with Crippen molar-refractivity contribution in [3.63, 3.8) is 0 Å². The SMILES string of the molecule is NC(N)=NCNC(Cc1ccccc1)C(=O)O. The van der Waals surface area contributed by atoms with Gasteiger partial charge in [-0.1, -0.05) is 30.3 Å². The number of carboxylic acid groups (broad SMARTS) is 1. The van der Waals surface area contributed by atoms with E-state index in [1.165, 1.54) is 0 Å². The quantitative estimate of drug-likeness (QED) is 0.393. The maximum absolute atomic E-state index is 11.0.